The number of carbonyl (C=O) groups is 1. The van der Waals surface area contributed by atoms with Crippen LogP contribution >= 0.6 is 0 Å². The molecule has 0 amide bonds. The van der Waals surface area contributed by atoms with Crippen LogP contribution in [0, 0.1) is 5.82 Å². The van der Waals surface area contributed by atoms with Crippen molar-refractivity contribution in [1.29, 1.82) is 0 Å². The van der Waals surface area contributed by atoms with E-state index in [0.717, 1.165) is 18.4 Å². The highest BCUT2D eigenvalue weighted by molar-refractivity contribution is 5.72. The smallest absolute Gasteiger partial charge is 0.148 e. The maximum Gasteiger partial charge on any atom is 0.148 e. The Morgan fingerprint density at radius 2 is 2.26 bits per heavy atom. The number of nitrogens with zero attached hydrogens (tertiary/aromatic N) is 2. The Labute approximate surface area is 113 Å². The van der Waals surface area contributed by atoms with Crippen LogP contribution in [-0.4, -0.2) is 44.4 Å². The van der Waals surface area contributed by atoms with Crippen LogP contribution in [0.2, 0.25) is 0 Å². The molecule has 0 spiro atoms. The Hall–Kier alpha value is -1.62. The largest absolute Gasteiger partial charge is 0.399 e. The fraction of sp³-hybridized carbons (Fsp3) is 0.500. The summed E-state index contributed by atoms with van der Waals surface area (Å²) in [5.74, 6) is -0.333. The van der Waals surface area contributed by atoms with Crippen molar-refractivity contribution in [2.24, 2.45) is 0 Å². The Morgan fingerprint density at radius 1 is 1.53 bits per heavy atom. The van der Waals surface area contributed by atoms with E-state index in [1.54, 1.807) is 0 Å². The molecule has 4 nitrogen and oxygen atoms in total. The molecule has 1 aromatic carbocycles. The van der Waals surface area contributed by atoms with Crippen LogP contribution in [0.25, 0.3) is 0 Å². The number of fused-ring (bicyclic) bond motifs is 1. The summed E-state index contributed by atoms with van der Waals surface area (Å²) in [5, 5.41) is 0. The predicted molar refractivity (Wildman–Crippen MR) is 74.9 cm³/mol. The fourth-order valence-electron chi connectivity index (χ4n) is 2.54. The molecule has 1 unspecified atom stereocenters. The van der Waals surface area contributed by atoms with Gasteiger partial charge in [0.05, 0.1) is 11.7 Å². The summed E-state index contributed by atoms with van der Waals surface area (Å²) in [7, 11) is 3.92. The Kier molecular flexibility index (Phi) is 4.04. The van der Waals surface area contributed by atoms with E-state index in [0.29, 0.717) is 30.8 Å². The van der Waals surface area contributed by atoms with Crippen LogP contribution in [-0.2, 0) is 11.2 Å². The van der Waals surface area contributed by atoms with Crippen LogP contribution in [0.4, 0.5) is 15.8 Å². The molecule has 0 bridgehead atoms. The number of nitrogens with two attached hydrogens (primary N) is 1. The van der Waals surface area contributed by atoms with Gasteiger partial charge in [-0.15, -0.1) is 0 Å². The molecule has 1 aliphatic heterocycles. The number of hydrogen-bond acceptors (Lipinski definition) is 4. The maximum absolute atomic E-state index is 14.2. The van der Waals surface area contributed by atoms with E-state index in [1.165, 1.54) is 6.07 Å². The molecule has 2 N–H and O–H groups in total. The second-order valence-electron chi connectivity index (χ2n) is 5.25. The lowest BCUT2D eigenvalue weighted by Gasteiger charge is -2.37. The summed E-state index contributed by atoms with van der Waals surface area (Å²) < 4.78 is 14.2. The average molecular weight is 265 g/mol. The molecule has 1 aliphatic rings. The van der Waals surface area contributed by atoms with Crippen molar-refractivity contribution >= 4 is 17.7 Å². The average Bonchev–Trinajstić information content (AvgIpc) is 2.35. The van der Waals surface area contributed by atoms with Gasteiger partial charge < -0.3 is 20.3 Å². The Morgan fingerprint density at radius 3 is 2.89 bits per heavy atom. The second kappa shape index (κ2) is 5.57. The predicted octanol–water partition coefficient (Wildman–Crippen LogP) is 1.29. The van der Waals surface area contributed by atoms with Gasteiger partial charge in [0.25, 0.3) is 0 Å². The molecule has 5 heteroatoms. The van der Waals surface area contributed by atoms with Gasteiger partial charge in [-0.2, -0.15) is 0 Å². The van der Waals surface area contributed by atoms with Gasteiger partial charge in [0, 0.05) is 18.8 Å². The van der Waals surface area contributed by atoms with Crippen molar-refractivity contribution in [3.05, 3.63) is 23.5 Å². The normalized spacial score (nSPS) is 18.5. The van der Waals surface area contributed by atoms with E-state index in [4.69, 9.17) is 5.73 Å². The number of carbonyl (C=O) groups excluding carboxylic acids is 1. The molecule has 2 rings (SSSR count). The topological polar surface area (TPSA) is 49.6 Å². The number of aldehydes is 1. The third kappa shape index (κ3) is 2.87. The first-order chi connectivity index (χ1) is 9.02. The third-order valence-electron chi connectivity index (χ3n) is 3.51. The van der Waals surface area contributed by atoms with Crippen molar-refractivity contribution < 1.29 is 9.18 Å². The van der Waals surface area contributed by atoms with E-state index in [2.05, 4.69) is 0 Å². The zero-order valence-corrected chi connectivity index (χ0v) is 11.4. The van der Waals surface area contributed by atoms with Crippen LogP contribution < -0.4 is 10.6 Å². The number of benzene rings is 1. The van der Waals surface area contributed by atoms with Crippen LogP contribution in [0.15, 0.2) is 12.1 Å². The number of rotatable bonds is 4. The first kappa shape index (κ1) is 13.8. The number of nitrogen functional groups attached to an aromatic ring is 1. The van der Waals surface area contributed by atoms with Gasteiger partial charge in [-0.3, -0.25) is 0 Å². The summed E-state index contributed by atoms with van der Waals surface area (Å²) in [5.41, 5.74) is 7.56. The Balaban J connectivity index is 2.36. The molecule has 104 valence electrons. The second-order valence-corrected chi connectivity index (χ2v) is 5.25. The van der Waals surface area contributed by atoms with Crippen LogP contribution in [0.1, 0.15) is 12.0 Å². The SMILES string of the molecule is CN(C)CCN1c2c(F)cc(N)cc2CCC1C=O. The van der Waals surface area contributed by atoms with Gasteiger partial charge in [0.2, 0.25) is 0 Å². The van der Waals surface area contributed by atoms with Gasteiger partial charge in [-0.05, 0) is 44.6 Å². The number of hydrogen-bond donors (Lipinski definition) is 1. The van der Waals surface area contributed by atoms with Gasteiger partial charge >= 0.3 is 0 Å². The monoisotopic (exact) mass is 265 g/mol. The van der Waals surface area contributed by atoms with Crippen molar-refractivity contribution in [2.75, 3.05) is 37.8 Å². The quantitative estimate of drug-likeness (QED) is 0.658. The third-order valence-corrected chi connectivity index (χ3v) is 3.51. The molecular formula is C14H20FN3O. The van der Waals surface area contributed by atoms with Crippen molar-refractivity contribution in [3.8, 4) is 0 Å². The lowest BCUT2D eigenvalue weighted by Crippen LogP contribution is -2.44. The van der Waals surface area contributed by atoms with Crippen molar-refractivity contribution in [1.82, 2.24) is 4.90 Å². The Bertz CT molecular complexity index is 476. The minimum absolute atomic E-state index is 0.245. The van der Waals surface area contributed by atoms with E-state index < -0.39 is 0 Å². The highest BCUT2D eigenvalue weighted by Crippen LogP contribution is 2.34. The van der Waals surface area contributed by atoms with Crippen LogP contribution in [0.3, 0.4) is 0 Å². The molecular weight excluding hydrogens is 245 g/mol. The summed E-state index contributed by atoms with van der Waals surface area (Å²) in [6, 6.07) is 2.89. The molecule has 19 heavy (non-hydrogen) atoms. The first-order valence-electron chi connectivity index (χ1n) is 6.47. The minimum atomic E-state index is -0.333. The fourth-order valence-corrected chi connectivity index (χ4v) is 2.54. The van der Waals surface area contributed by atoms with Gasteiger partial charge in [-0.25, -0.2) is 4.39 Å². The highest BCUT2D eigenvalue weighted by atomic mass is 19.1. The van der Waals surface area contributed by atoms with Gasteiger partial charge in [-0.1, -0.05) is 0 Å². The molecule has 1 aromatic rings. The molecule has 0 aliphatic carbocycles. The van der Waals surface area contributed by atoms with E-state index >= 15 is 0 Å². The standard InChI is InChI=1S/C14H20FN3O/c1-17(2)5-6-18-12(9-19)4-3-10-7-11(16)8-13(15)14(10)18/h7-9,12H,3-6,16H2,1-2H3. The zero-order valence-electron chi connectivity index (χ0n) is 11.4. The number of likely N-dealkylation sites (N-methyl/N-ethyl adjacent to an activating group) is 1. The summed E-state index contributed by atoms with van der Waals surface area (Å²) in [6.07, 6.45) is 2.32. The molecule has 0 aromatic heterocycles. The van der Waals surface area contributed by atoms with E-state index in [9.17, 15) is 9.18 Å². The molecule has 0 saturated heterocycles. The molecule has 0 saturated carbocycles. The first-order valence-corrected chi connectivity index (χ1v) is 6.47. The van der Waals surface area contributed by atoms with Gasteiger partial charge in [0.15, 0.2) is 0 Å². The van der Waals surface area contributed by atoms with Crippen LogP contribution in [0.5, 0.6) is 0 Å². The number of aryl methyl sites for hydroxylation is 1. The lowest BCUT2D eigenvalue weighted by atomic mass is 9.95. The molecule has 0 fully saturated rings. The minimum Gasteiger partial charge on any atom is -0.399 e. The zero-order chi connectivity index (χ0) is 14.0. The molecule has 1 atom stereocenters. The van der Waals surface area contributed by atoms with E-state index in [1.807, 2.05) is 30.0 Å². The lowest BCUT2D eigenvalue weighted by molar-refractivity contribution is -0.109. The molecule has 1 heterocycles. The number of anilines is 2. The van der Waals surface area contributed by atoms with E-state index in [-0.39, 0.29) is 11.9 Å². The number of halogens is 1. The summed E-state index contributed by atoms with van der Waals surface area (Å²) >= 11 is 0. The maximum atomic E-state index is 14.2. The van der Waals surface area contributed by atoms with Crippen molar-refractivity contribution in [3.63, 3.8) is 0 Å². The summed E-state index contributed by atoms with van der Waals surface area (Å²) in [4.78, 5) is 15.1. The highest BCUT2D eigenvalue weighted by Gasteiger charge is 2.28. The van der Waals surface area contributed by atoms with Gasteiger partial charge in [0.1, 0.15) is 12.1 Å². The van der Waals surface area contributed by atoms with Crippen molar-refractivity contribution in [2.45, 2.75) is 18.9 Å². The summed E-state index contributed by atoms with van der Waals surface area (Å²) in [6.45, 7) is 1.40. The molecule has 0 radical (unpaired) electrons.